The molecule has 0 radical (unpaired) electrons. The Morgan fingerprint density at radius 3 is 2.84 bits per heavy atom. The Balaban J connectivity index is 1.42. The van der Waals surface area contributed by atoms with Crippen molar-refractivity contribution in [1.82, 2.24) is 19.7 Å². The van der Waals surface area contributed by atoms with E-state index >= 15 is 0 Å². The standard InChI is InChI=1S/C24H31N5O3/c1-15-18(24(31)27-23-21(15)16(2)28-29(23)3)11-12-20(30)26-22-19(10-7-13-25-22)32-14-17-8-5-4-6-9-17/h7,10,13,17H,4-6,8-9,11-12,14H2,1-3H3,(H,27,31)(H,25,26,30). The van der Waals surface area contributed by atoms with Crippen LogP contribution in [0, 0.1) is 19.8 Å². The van der Waals surface area contributed by atoms with Crippen molar-refractivity contribution < 1.29 is 9.53 Å². The van der Waals surface area contributed by atoms with E-state index < -0.39 is 0 Å². The minimum atomic E-state index is -0.201. The Labute approximate surface area is 187 Å². The lowest BCUT2D eigenvalue weighted by atomic mass is 9.90. The number of fused-ring (bicyclic) bond motifs is 1. The van der Waals surface area contributed by atoms with Gasteiger partial charge in [-0.2, -0.15) is 5.10 Å². The lowest BCUT2D eigenvalue weighted by Crippen LogP contribution is -2.20. The number of ether oxygens (including phenoxy) is 1. The van der Waals surface area contributed by atoms with Gasteiger partial charge in [0.1, 0.15) is 5.65 Å². The van der Waals surface area contributed by atoms with Gasteiger partial charge < -0.3 is 15.0 Å². The Hall–Kier alpha value is -3.16. The van der Waals surface area contributed by atoms with E-state index in [4.69, 9.17) is 4.74 Å². The number of aromatic amines is 1. The fourth-order valence-electron chi connectivity index (χ4n) is 4.65. The lowest BCUT2D eigenvalue weighted by Gasteiger charge is -2.22. The van der Waals surface area contributed by atoms with E-state index in [1.807, 2.05) is 19.9 Å². The summed E-state index contributed by atoms with van der Waals surface area (Å²) in [6.07, 6.45) is 8.35. The first-order chi connectivity index (χ1) is 15.4. The molecule has 1 amide bonds. The van der Waals surface area contributed by atoms with Gasteiger partial charge >= 0.3 is 0 Å². The van der Waals surface area contributed by atoms with Gasteiger partial charge in [-0.1, -0.05) is 19.3 Å². The molecule has 8 heteroatoms. The van der Waals surface area contributed by atoms with Gasteiger partial charge in [-0.15, -0.1) is 0 Å². The number of amides is 1. The van der Waals surface area contributed by atoms with Gasteiger partial charge in [-0.05, 0) is 56.7 Å². The summed E-state index contributed by atoms with van der Waals surface area (Å²) in [7, 11) is 1.80. The van der Waals surface area contributed by atoms with Crippen LogP contribution in [0.25, 0.3) is 11.0 Å². The predicted octanol–water partition coefficient (Wildman–Crippen LogP) is 3.80. The number of aryl methyl sites for hydroxylation is 3. The maximum Gasteiger partial charge on any atom is 0.253 e. The molecule has 3 aromatic heterocycles. The highest BCUT2D eigenvalue weighted by atomic mass is 16.5. The fourth-order valence-corrected chi connectivity index (χ4v) is 4.65. The van der Waals surface area contributed by atoms with Crippen molar-refractivity contribution in [1.29, 1.82) is 0 Å². The molecule has 1 saturated carbocycles. The van der Waals surface area contributed by atoms with Gasteiger partial charge in [-0.3, -0.25) is 14.3 Å². The van der Waals surface area contributed by atoms with E-state index in [9.17, 15) is 9.59 Å². The van der Waals surface area contributed by atoms with Crippen LogP contribution in [0.4, 0.5) is 5.82 Å². The first-order valence-corrected chi connectivity index (χ1v) is 11.4. The topological polar surface area (TPSA) is 102 Å². The zero-order valence-corrected chi connectivity index (χ0v) is 19.0. The van der Waals surface area contributed by atoms with Gasteiger partial charge in [0, 0.05) is 30.6 Å². The number of hydrogen-bond acceptors (Lipinski definition) is 5. The van der Waals surface area contributed by atoms with E-state index in [0.29, 0.717) is 41.7 Å². The monoisotopic (exact) mass is 437 g/mol. The zero-order valence-electron chi connectivity index (χ0n) is 19.0. The number of carbonyl (C=O) groups excluding carboxylic acids is 1. The second-order valence-electron chi connectivity index (χ2n) is 8.70. The Bertz CT molecular complexity index is 1170. The van der Waals surface area contributed by atoms with Crippen LogP contribution in [-0.2, 0) is 18.3 Å². The smallest absolute Gasteiger partial charge is 0.253 e. The molecule has 0 aromatic carbocycles. The quantitative estimate of drug-likeness (QED) is 0.585. The molecule has 0 bridgehead atoms. The maximum absolute atomic E-state index is 12.7. The van der Waals surface area contributed by atoms with Crippen LogP contribution >= 0.6 is 0 Å². The van der Waals surface area contributed by atoms with E-state index in [-0.39, 0.29) is 17.9 Å². The molecule has 8 nitrogen and oxygen atoms in total. The number of nitrogens with zero attached hydrogens (tertiary/aromatic N) is 3. The molecular weight excluding hydrogens is 406 g/mol. The fraction of sp³-hybridized carbons (Fsp3) is 0.500. The molecule has 4 rings (SSSR count). The molecule has 0 spiro atoms. The summed E-state index contributed by atoms with van der Waals surface area (Å²) in [6.45, 7) is 4.48. The molecule has 3 aromatic rings. The van der Waals surface area contributed by atoms with Crippen molar-refractivity contribution in [3.63, 3.8) is 0 Å². The second-order valence-corrected chi connectivity index (χ2v) is 8.70. The van der Waals surface area contributed by atoms with Crippen molar-refractivity contribution in [3.8, 4) is 5.75 Å². The number of H-pyrrole nitrogens is 1. The van der Waals surface area contributed by atoms with E-state index in [1.54, 1.807) is 24.0 Å². The van der Waals surface area contributed by atoms with E-state index in [1.165, 1.54) is 32.1 Å². The Morgan fingerprint density at radius 1 is 1.28 bits per heavy atom. The third-order valence-corrected chi connectivity index (χ3v) is 6.39. The van der Waals surface area contributed by atoms with Crippen LogP contribution in [-0.4, -0.2) is 32.3 Å². The first kappa shape index (κ1) is 22.0. The SMILES string of the molecule is Cc1nn(C)c2[nH]c(=O)c(CCC(=O)Nc3ncccc3OCC3CCCCC3)c(C)c12. The summed E-state index contributed by atoms with van der Waals surface area (Å²) in [4.78, 5) is 32.5. The summed E-state index contributed by atoms with van der Waals surface area (Å²) in [5.41, 5.74) is 2.86. The summed E-state index contributed by atoms with van der Waals surface area (Å²) in [6, 6.07) is 3.64. The lowest BCUT2D eigenvalue weighted by molar-refractivity contribution is -0.116. The molecule has 0 atom stereocenters. The second kappa shape index (κ2) is 9.54. The number of hydrogen-bond donors (Lipinski definition) is 2. The summed E-state index contributed by atoms with van der Waals surface area (Å²) in [5, 5.41) is 8.18. The van der Waals surface area contributed by atoms with Gasteiger partial charge in [0.2, 0.25) is 5.91 Å². The number of carbonyl (C=O) groups is 1. The van der Waals surface area contributed by atoms with Crippen molar-refractivity contribution in [2.24, 2.45) is 13.0 Å². The molecule has 1 aliphatic carbocycles. The van der Waals surface area contributed by atoms with Crippen LogP contribution in [0.1, 0.15) is 55.3 Å². The zero-order chi connectivity index (χ0) is 22.7. The predicted molar refractivity (Wildman–Crippen MR) is 124 cm³/mol. The van der Waals surface area contributed by atoms with Crippen LogP contribution < -0.4 is 15.6 Å². The normalized spacial score (nSPS) is 14.6. The van der Waals surface area contributed by atoms with Gasteiger partial charge in [0.15, 0.2) is 11.6 Å². The van der Waals surface area contributed by atoms with Crippen molar-refractivity contribution in [2.45, 2.75) is 58.8 Å². The summed E-state index contributed by atoms with van der Waals surface area (Å²) >= 11 is 0. The van der Waals surface area contributed by atoms with Crippen LogP contribution in [0.5, 0.6) is 5.75 Å². The van der Waals surface area contributed by atoms with Gasteiger partial charge in [0.25, 0.3) is 5.56 Å². The molecule has 1 fully saturated rings. The highest BCUT2D eigenvalue weighted by Gasteiger charge is 2.18. The number of pyridine rings is 2. The Kier molecular flexibility index (Phi) is 6.58. The first-order valence-electron chi connectivity index (χ1n) is 11.4. The molecule has 3 heterocycles. The Morgan fingerprint density at radius 2 is 2.06 bits per heavy atom. The molecule has 170 valence electrons. The molecule has 1 aliphatic rings. The minimum Gasteiger partial charge on any atom is -0.489 e. The van der Waals surface area contributed by atoms with Crippen LogP contribution in [0.2, 0.25) is 0 Å². The average molecular weight is 438 g/mol. The molecule has 0 aliphatic heterocycles. The van der Waals surface area contributed by atoms with Gasteiger partial charge in [-0.25, -0.2) is 4.98 Å². The molecule has 0 unspecified atom stereocenters. The maximum atomic E-state index is 12.7. The summed E-state index contributed by atoms with van der Waals surface area (Å²) < 4.78 is 7.67. The average Bonchev–Trinajstić information content (AvgIpc) is 3.06. The minimum absolute atomic E-state index is 0.174. The summed E-state index contributed by atoms with van der Waals surface area (Å²) in [5.74, 6) is 1.38. The van der Waals surface area contributed by atoms with Gasteiger partial charge in [0.05, 0.1) is 12.3 Å². The molecule has 2 N–H and O–H groups in total. The molecule has 32 heavy (non-hydrogen) atoms. The number of rotatable bonds is 7. The number of anilines is 1. The highest BCUT2D eigenvalue weighted by Crippen LogP contribution is 2.27. The van der Waals surface area contributed by atoms with Crippen molar-refractivity contribution >= 4 is 22.8 Å². The largest absolute Gasteiger partial charge is 0.489 e. The third kappa shape index (κ3) is 4.69. The van der Waals surface area contributed by atoms with Crippen molar-refractivity contribution in [3.05, 3.63) is 45.5 Å². The van der Waals surface area contributed by atoms with Crippen molar-refractivity contribution in [2.75, 3.05) is 11.9 Å². The van der Waals surface area contributed by atoms with Crippen LogP contribution in [0.15, 0.2) is 23.1 Å². The van der Waals surface area contributed by atoms with E-state index in [2.05, 4.69) is 20.4 Å². The third-order valence-electron chi connectivity index (χ3n) is 6.39. The molecule has 0 saturated heterocycles. The van der Waals surface area contributed by atoms with Crippen LogP contribution in [0.3, 0.4) is 0 Å². The number of nitrogens with one attached hydrogen (secondary N) is 2. The number of aromatic nitrogens is 4. The highest BCUT2D eigenvalue weighted by molar-refractivity contribution is 5.91. The van der Waals surface area contributed by atoms with E-state index in [0.717, 1.165) is 16.6 Å². The molecular formula is C24H31N5O3.